The van der Waals surface area contributed by atoms with Gasteiger partial charge < -0.3 is 14.2 Å². The molecule has 0 radical (unpaired) electrons. The fourth-order valence-electron chi connectivity index (χ4n) is 2.96. The van der Waals surface area contributed by atoms with Crippen molar-refractivity contribution in [3.8, 4) is 11.5 Å². The van der Waals surface area contributed by atoms with Gasteiger partial charge in [0.1, 0.15) is 6.61 Å². The number of rotatable bonds is 9. The Balaban J connectivity index is 1.56. The van der Waals surface area contributed by atoms with Crippen LogP contribution in [0.5, 0.6) is 11.5 Å². The van der Waals surface area contributed by atoms with E-state index in [0.29, 0.717) is 49.5 Å². The summed E-state index contributed by atoms with van der Waals surface area (Å²) in [6, 6.07) is 13.0. The number of carbonyl (C=O) groups is 1. The van der Waals surface area contributed by atoms with Crippen molar-refractivity contribution in [3.63, 3.8) is 0 Å². The highest BCUT2D eigenvalue weighted by Gasteiger charge is 2.13. The largest absolute Gasteiger partial charge is 0.490 e. The predicted molar refractivity (Wildman–Crippen MR) is 116 cm³/mol. The van der Waals surface area contributed by atoms with Gasteiger partial charge in [0.05, 0.1) is 32.6 Å². The quantitative estimate of drug-likeness (QED) is 0.488. The number of hydrogen-bond acceptors (Lipinski definition) is 6. The van der Waals surface area contributed by atoms with Gasteiger partial charge in [0.25, 0.3) is 5.91 Å². The van der Waals surface area contributed by atoms with E-state index in [2.05, 4.69) is 10.5 Å². The molecule has 7 nitrogen and oxygen atoms in total. The summed E-state index contributed by atoms with van der Waals surface area (Å²) in [7, 11) is 0. The Morgan fingerprint density at radius 3 is 2.80 bits per heavy atom. The van der Waals surface area contributed by atoms with Crippen LogP contribution in [0.4, 0.5) is 0 Å². The van der Waals surface area contributed by atoms with Gasteiger partial charge in [0.2, 0.25) is 0 Å². The topological polar surface area (TPSA) is 72.4 Å². The lowest BCUT2D eigenvalue weighted by atomic mass is 10.2. The monoisotopic (exact) mass is 431 g/mol. The molecule has 1 fully saturated rings. The number of carbonyl (C=O) groups excluding carboxylic acids is 1. The molecule has 1 aliphatic rings. The van der Waals surface area contributed by atoms with Crippen LogP contribution in [0.1, 0.15) is 18.1 Å². The average molecular weight is 432 g/mol. The van der Waals surface area contributed by atoms with Crippen LogP contribution in [0.2, 0.25) is 5.02 Å². The second-order valence-electron chi connectivity index (χ2n) is 6.74. The lowest BCUT2D eigenvalue weighted by molar-refractivity contribution is -0.123. The van der Waals surface area contributed by atoms with Crippen molar-refractivity contribution in [1.29, 1.82) is 0 Å². The summed E-state index contributed by atoms with van der Waals surface area (Å²) in [5, 5.41) is 4.72. The molecule has 0 bridgehead atoms. The van der Waals surface area contributed by atoms with Crippen LogP contribution in [0, 0.1) is 0 Å². The van der Waals surface area contributed by atoms with Crippen molar-refractivity contribution >= 4 is 23.7 Å². The molecular weight excluding hydrogens is 406 g/mol. The third-order valence-corrected chi connectivity index (χ3v) is 4.66. The normalized spacial score (nSPS) is 14.6. The van der Waals surface area contributed by atoms with Gasteiger partial charge in [-0.2, -0.15) is 5.10 Å². The Labute approximate surface area is 181 Å². The molecular formula is C22H26ClN3O4. The molecule has 0 saturated carbocycles. The molecule has 3 rings (SSSR count). The minimum Gasteiger partial charge on any atom is -0.490 e. The molecule has 160 valence electrons. The third-order valence-electron chi connectivity index (χ3n) is 4.42. The highest BCUT2D eigenvalue weighted by atomic mass is 35.5. The Hall–Kier alpha value is -2.61. The second-order valence-corrected chi connectivity index (χ2v) is 7.18. The molecule has 0 aliphatic carbocycles. The molecule has 2 aromatic carbocycles. The van der Waals surface area contributed by atoms with E-state index in [1.54, 1.807) is 6.21 Å². The first-order valence-electron chi connectivity index (χ1n) is 9.90. The lowest BCUT2D eigenvalue weighted by Crippen LogP contribution is -2.42. The zero-order chi connectivity index (χ0) is 21.2. The Morgan fingerprint density at radius 1 is 1.20 bits per heavy atom. The van der Waals surface area contributed by atoms with Crippen molar-refractivity contribution in [2.24, 2.45) is 5.10 Å². The molecule has 1 aliphatic heterocycles. The highest BCUT2D eigenvalue weighted by molar-refractivity contribution is 6.30. The highest BCUT2D eigenvalue weighted by Crippen LogP contribution is 2.29. The van der Waals surface area contributed by atoms with Crippen molar-refractivity contribution in [2.75, 3.05) is 39.5 Å². The van der Waals surface area contributed by atoms with Crippen LogP contribution in [0.15, 0.2) is 47.6 Å². The molecule has 0 atom stereocenters. The number of hydrazone groups is 1. The molecule has 8 heteroatoms. The molecule has 1 saturated heterocycles. The zero-order valence-corrected chi connectivity index (χ0v) is 17.7. The van der Waals surface area contributed by atoms with Gasteiger partial charge in [-0.1, -0.05) is 23.7 Å². The van der Waals surface area contributed by atoms with Crippen LogP contribution in [-0.2, 0) is 16.1 Å². The SMILES string of the molecule is CCOc1cc(C=NNC(=O)CN2CCOCC2)ccc1OCc1cccc(Cl)c1. The van der Waals surface area contributed by atoms with Crippen LogP contribution in [0.25, 0.3) is 0 Å². The number of halogens is 1. The molecule has 0 unspecified atom stereocenters. The summed E-state index contributed by atoms with van der Waals surface area (Å²) in [5.41, 5.74) is 4.32. The van der Waals surface area contributed by atoms with E-state index in [1.165, 1.54) is 0 Å². The Bertz CT molecular complexity index is 869. The first-order chi connectivity index (χ1) is 14.6. The van der Waals surface area contributed by atoms with E-state index >= 15 is 0 Å². The second kappa shape index (κ2) is 11.5. The minimum absolute atomic E-state index is 0.153. The van der Waals surface area contributed by atoms with Crippen molar-refractivity contribution < 1.29 is 19.0 Å². The first kappa shape index (κ1) is 22.1. The van der Waals surface area contributed by atoms with Crippen molar-refractivity contribution in [3.05, 3.63) is 58.6 Å². The maximum atomic E-state index is 12.0. The van der Waals surface area contributed by atoms with Gasteiger partial charge in [0.15, 0.2) is 11.5 Å². The first-order valence-corrected chi connectivity index (χ1v) is 10.3. The van der Waals surface area contributed by atoms with Gasteiger partial charge in [-0.3, -0.25) is 9.69 Å². The molecule has 1 heterocycles. The van der Waals surface area contributed by atoms with Crippen molar-refractivity contribution in [1.82, 2.24) is 10.3 Å². The van der Waals surface area contributed by atoms with Gasteiger partial charge in [0, 0.05) is 18.1 Å². The molecule has 30 heavy (non-hydrogen) atoms. The van der Waals surface area contributed by atoms with Crippen molar-refractivity contribution in [2.45, 2.75) is 13.5 Å². The summed E-state index contributed by atoms with van der Waals surface area (Å²) in [4.78, 5) is 14.0. The van der Waals surface area contributed by atoms with E-state index < -0.39 is 0 Å². The summed E-state index contributed by atoms with van der Waals surface area (Å²) < 4.78 is 16.9. The summed E-state index contributed by atoms with van der Waals surface area (Å²) >= 11 is 6.02. The Kier molecular flexibility index (Phi) is 8.50. The number of morpholine rings is 1. The van der Waals surface area contributed by atoms with Gasteiger partial charge in [-0.25, -0.2) is 5.43 Å². The van der Waals surface area contributed by atoms with Gasteiger partial charge >= 0.3 is 0 Å². The smallest absolute Gasteiger partial charge is 0.254 e. The maximum Gasteiger partial charge on any atom is 0.254 e. The van der Waals surface area contributed by atoms with E-state index in [9.17, 15) is 4.79 Å². The molecule has 0 aromatic heterocycles. The van der Waals surface area contributed by atoms with Crippen LogP contribution >= 0.6 is 11.6 Å². The predicted octanol–water partition coefficient (Wildman–Crippen LogP) is 3.10. The lowest BCUT2D eigenvalue weighted by Gasteiger charge is -2.25. The maximum absolute atomic E-state index is 12.0. The third kappa shape index (κ3) is 7.02. The number of nitrogens with zero attached hydrogens (tertiary/aromatic N) is 2. The minimum atomic E-state index is -0.153. The van der Waals surface area contributed by atoms with E-state index in [4.69, 9.17) is 25.8 Å². The summed E-state index contributed by atoms with van der Waals surface area (Å²) in [6.45, 7) is 5.92. The van der Waals surface area contributed by atoms with E-state index in [1.807, 2.05) is 54.3 Å². The summed E-state index contributed by atoms with van der Waals surface area (Å²) in [6.07, 6.45) is 1.58. The fraction of sp³-hybridized carbons (Fsp3) is 0.364. The van der Waals surface area contributed by atoms with E-state index in [-0.39, 0.29) is 5.91 Å². The number of ether oxygens (including phenoxy) is 3. The fourth-order valence-corrected chi connectivity index (χ4v) is 3.17. The number of benzene rings is 2. The van der Waals surface area contributed by atoms with Crippen LogP contribution < -0.4 is 14.9 Å². The van der Waals surface area contributed by atoms with Crippen LogP contribution in [0.3, 0.4) is 0 Å². The van der Waals surface area contributed by atoms with Gasteiger partial charge in [-0.05, 0) is 48.4 Å². The van der Waals surface area contributed by atoms with Crippen LogP contribution in [-0.4, -0.2) is 56.5 Å². The molecule has 2 aromatic rings. The zero-order valence-electron chi connectivity index (χ0n) is 17.0. The molecule has 0 spiro atoms. The number of amides is 1. The standard InChI is InChI=1S/C22H26ClN3O4/c1-2-29-21-13-17(14-24-25-22(27)15-26-8-10-28-11-9-26)6-7-20(21)30-16-18-4-3-5-19(23)12-18/h3-7,12-14H,2,8-11,15-16H2,1H3,(H,25,27). The number of hydrogen-bond donors (Lipinski definition) is 1. The summed E-state index contributed by atoms with van der Waals surface area (Å²) in [5.74, 6) is 1.09. The number of nitrogens with one attached hydrogen (secondary N) is 1. The van der Waals surface area contributed by atoms with E-state index in [0.717, 1.165) is 24.2 Å². The molecule has 1 N–H and O–H groups in total. The molecule has 1 amide bonds. The van der Waals surface area contributed by atoms with Gasteiger partial charge in [-0.15, -0.1) is 0 Å². The Morgan fingerprint density at radius 2 is 2.03 bits per heavy atom. The average Bonchev–Trinajstić information content (AvgIpc) is 2.74.